The Morgan fingerprint density at radius 3 is 2.86 bits per heavy atom. The predicted molar refractivity (Wildman–Crippen MR) is 62.0 cm³/mol. The van der Waals surface area contributed by atoms with Crippen LogP contribution in [0.1, 0.15) is 17.1 Å². The van der Waals surface area contributed by atoms with Gasteiger partial charge in [-0.3, -0.25) is 0 Å². The van der Waals surface area contributed by atoms with Crippen LogP contribution in [0.4, 0.5) is 0 Å². The molecule has 1 rings (SSSR count). The third-order valence-electron chi connectivity index (χ3n) is 1.96. The molecule has 3 nitrogen and oxygen atoms in total. The molecule has 4 heteroatoms. The van der Waals surface area contributed by atoms with Crippen LogP contribution in [0.3, 0.4) is 0 Å². The van der Waals surface area contributed by atoms with Crippen LogP contribution in [-0.2, 0) is 6.42 Å². The standard InChI is InChI=1S/C10H19N3S/c1-9-8-14-10(13-9)4-7-12-6-3-5-11-2/h8,11-12H,3-7H2,1-2H3. The average molecular weight is 213 g/mol. The lowest BCUT2D eigenvalue weighted by Crippen LogP contribution is -2.21. The summed E-state index contributed by atoms with van der Waals surface area (Å²) in [6.07, 6.45) is 2.24. The monoisotopic (exact) mass is 213 g/mol. The van der Waals surface area contributed by atoms with E-state index in [0.29, 0.717) is 0 Å². The Hall–Kier alpha value is -0.450. The van der Waals surface area contributed by atoms with Gasteiger partial charge in [-0.15, -0.1) is 11.3 Å². The van der Waals surface area contributed by atoms with E-state index in [1.165, 1.54) is 11.4 Å². The first kappa shape index (κ1) is 11.6. The number of hydrogen-bond donors (Lipinski definition) is 2. The van der Waals surface area contributed by atoms with E-state index in [4.69, 9.17) is 0 Å². The summed E-state index contributed by atoms with van der Waals surface area (Å²) in [5.74, 6) is 0. The summed E-state index contributed by atoms with van der Waals surface area (Å²) in [6.45, 7) is 5.26. The Bertz CT molecular complexity index is 247. The van der Waals surface area contributed by atoms with Crippen LogP contribution >= 0.6 is 11.3 Å². The third kappa shape index (κ3) is 4.69. The van der Waals surface area contributed by atoms with Gasteiger partial charge < -0.3 is 10.6 Å². The highest BCUT2D eigenvalue weighted by atomic mass is 32.1. The summed E-state index contributed by atoms with van der Waals surface area (Å²) in [7, 11) is 1.98. The van der Waals surface area contributed by atoms with Gasteiger partial charge in [-0.25, -0.2) is 4.98 Å². The van der Waals surface area contributed by atoms with Crippen molar-refractivity contribution in [3.63, 3.8) is 0 Å². The Balaban J connectivity index is 1.99. The molecule has 0 saturated heterocycles. The van der Waals surface area contributed by atoms with Gasteiger partial charge in [0, 0.05) is 24.0 Å². The van der Waals surface area contributed by atoms with Crippen molar-refractivity contribution in [3.8, 4) is 0 Å². The lowest BCUT2D eigenvalue weighted by molar-refractivity contribution is 0.624. The molecular formula is C10H19N3S. The lowest BCUT2D eigenvalue weighted by Gasteiger charge is -2.02. The Morgan fingerprint density at radius 2 is 2.21 bits per heavy atom. The molecule has 0 unspecified atom stereocenters. The van der Waals surface area contributed by atoms with Crippen molar-refractivity contribution < 1.29 is 0 Å². The molecule has 1 aromatic rings. The molecule has 0 bridgehead atoms. The van der Waals surface area contributed by atoms with Crippen LogP contribution in [0, 0.1) is 6.92 Å². The van der Waals surface area contributed by atoms with Crippen LogP contribution in [0.15, 0.2) is 5.38 Å². The number of aryl methyl sites for hydroxylation is 1. The lowest BCUT2D eigenvalue weighted by atomic mass is 10.4. The van der Waals surface area contributed by atoms with E-state index in [0.717, 1.165) is 31.7 Å². The number of nitrogens with zero attached hydrogens (tertiary/aromatic N) is 1. The van der Waals surface area contributed by atoms with E-state index in [9.17, 15) is 0 Å². The molecule has 0 radical (unpaired) electrons. The summed E-state index contributed by atoms with van der Waals surface area (Å²) in [4.78, 5) is 4.41. The van der Waals surface area contributed by atoms with Crippen molar-refractivity contribution in [1.82, 2.24) is 15.6 Å². The molecular weight excluding hydrogens is 194 g/mol. The van der Waals surface area contributed by atoms with Crippen molar-refractivity contribution in [2.24, 2.45) is 0 Å². The van der Waals surface area contributed by atoms with E-state index in [2.05, 4.69) is 21.0 Å². The second-order valence-electron chi connectivity index (χ2n) is 3.34. The molecule has 1 heterocycles. The number of nitrogens with one attached hydrogen (secondary N) is 2. The summed E-state index contributed by atoms with van der Waals surface area (Å²) in [5, 5.41) is 9.88. The number of thiazole rings is 1. The molecule has 0 saturated carbocycles. The van der Waals surface area contributed by atoms with Crippen LogP contribution in [-0.4, -0.2) is 31.7 Å². The first-order chi connectivity index (χ1) is 6.83. The summed E-state index contributed by atoms with van der Waals surface area (Å²) in [6, 6.07) is 0. The number of hydrogen-bond acceptors (Lipinski definition) is 4. The highest BCUT2D eigenvalue weighted by Crippen LogP contribution is 2.08. The summed E-state index contributed by atoms with van der Waals surface area (Å²) < 4.78 is 0. The zero-order valence-corrected chi connectivity index (χ0v) is 9.78. The second-order valence-corrected chi connectivity index (χ2v) is 4.28. The maximum atomic E-state index is 4.41. The van der Waals surface area contributed by atoms with Crippen LogP contribution in [0.2, 0.25) is 0 Å². The molecule has 0 aromatic carbocycles. The summed E-state index contributed by atoms with van der Waals surface area (Å²) in [5.41, 5.74) is 1.14. The fourth-order valence-corrected chi connectivity index (χ4v) is 2.00. The van der Waals surface area contributed by atoms with Gasteiger partial charge >= 0.3 is 0 Å². The summed E-state index contributed by atoms with van der Waals surface area (Å²) >= 11 is 1.75. The van der Waals surface area contributed by atoms with Gasteiger partial charge in [0.25, 0.3) is 0 Å². The van der Waals surface area contributed by atoms with Crippen LogP contribution in [0.25, 0.3) is 0 Å². The zero-order valence-electron chi connectivity index (χ0n) is 8.97. The molecule has 0 fully saturated rings. The fraction of sp³-hybridized carbons (Fsp3) is 0.700. The smallest absolute Gasteiger partial charge is 0.0940 e. The normalized spacial score (nSPS) is 10.7. The zero-order chi connectivity index (χ0) is 10.2. The van der Waals surface area contributed by atoms with E-state index in [-0.39, 0.29) is 0 Å². The van der Waals surface area contributed by atoms with Crippen LogP contribution < -0.4 is 10.6 Å². The fourth-order valence-electron chi connectivity index (χ4n) is 1.23. The molecule has 0 spiro atoms. The highest BCUT2D eigenvalue weighted by Gasteiger charge is 1.97. The van der Waals surface area contributed by atoms with Gasteiger partial charge in [0.15, 0.2) is 0 Å². The molecule has 0 atom stereocenters. The maximum absolute atomic E-state index is 4.41. The van der Waals surface area contributed by atoms with E-state index < -0.39 is 0 Å². The molecule has 1 aromatic heterocycles. The topological polar surface area (TPSA) is 37.0 Å². The van der Waals surface area contributed by atoms with Gasteiger partial charge in [0.05, 0.1) is 5.01 Å². The SMILES string of the molecule is CNCCCNCCc1nc(C)cs1. The quantitative estimate of drug-likeness (QED) is 0.668. The number of aromatic nitrogens is 1. The van der Waals surface area contributed by atoms with Crippen molar-refractivity contribution >= 4 is 11.3 Å². The molecule has 0 aliphatic heterocycles. The van der Waals surface area contributed by atoms with Gasteiger partial charge in [-0.05, 0) is 33.5 Å². The average Bonchev–Trinajstić information content (AvgIpc) is 2.58. The van der Waals surface area contributed by atoms with E-state index >= 15 is 0 Å². The molecule has 80 valence electrons. The van der Waals surface area contributed by atoms with Gasteiger partial charge in [-0.1, -0.05) is 0 Å². The highest BCUT2D eigenvalue weighted by molar-refractivity contribution is 7.09. The molecule has 2 N–H and O–H groups in total. The minimum absolute atomic E-state index is 1.04. The largest absolute Gasteiger partial charge is 0.320 e. The van der Waals surface area contributed by atoms with Gasteiger partial charge in [0.1, 0.15) is 0 Å². The Morgan fingerprint density at radius 1 is 1.36 bits per heavy atom. The van der Waals surface area contributed by atoms with E-state index in [1.807, 2.05) is 14.0 Å². The van der Waals surface area contributed by atoms with Crippen molar-refractivity contribution in [3.05, 3.63) is 16.1 Å². The maximum Gasteiger partial charge on any atom is 0.0940 e. The van der Waals surface area contributed by atoms with E-state index in [1.54, 1.807) is 11.3 Å². The van der Waals surface area contributed by atoms with Crippen LogP contribution in [0.5, 0.6) is 0 Å². The molecule has 0 aliphatic carbocycles. The van der Waals surface area contributed by atoms with Crippen molar-refractivity contribution in [1.29, 1.82) is 0 Å². The minimum atomic E-state index is 1.04. The second kappa shape index (κ2) is 6.92. The minimum Gasteiger partial charge on any atom is -0.320 e. The number of rotatable bonds is 7. The first-order valence-corrected chi connectivity index (χ1v) is 5.97. The predicted octanol–water partition coefficient (Wildman–Crippen LogP) is 1.19. The molecule has 0 amide bonds. The molecule has 14 heavy (non-hydrogen) atoms. The van der Waals surface area contributed by atoms with Gasteiger partial charge in [0.2, 0.25) is 0 Å². The third-order valence-corrected chi connectivity index (χ3v) is 2.99. The van der Waals surface area contributed by atoms with Crippen molar-refractivity contribution in [2.75, 3.05) is 26.7 Å². The Labute approximate surface area is 89.9 Å². The van der Waals surface area contributed by atoms with Crippen molar-refractivity contribution in [2.45, 2.75) is 19.8 Å². The molecule has 0 aliphatic rings. The van der Waals surface area contributed by atoms with Gasteiger partial charge in [-0.2, -0.15) is 0 Å². The Kier molecular flexibility index (Phi) is 5.75. The first-order valence-electron chi connectivity index (χ1n) is 5.09.